The fraction of sp³-hybridized carbons (Fsp3) is 0.280. The van der Waals surface area contributed by atoms with E-state index in [9.17, 15) is 0 Å². The van der Waals surface area contributed by atoms with E-state index in [0.717, 1.165) is 5.56 Å². The van der Waals surface area contributed by atoms with Gasteiger partial charge in [0.2, 0.25) is 0 Å². The van der Waals surface area contributed by atoms with Gasteiger partial charge in [0.05, 0.1) is 6.04 Å². The molecule has 3 aromatic rings. The molecular weight excluding hydrogens is 435 g/mol. The molecule has 0 saturated carbocycles. The Morgan fingerprint density at radius 2 is 1.47 bits per heavy atom. The monoisotopic (exact) mass is 470 g/mol. The summed E-state index contributed by atoms with van der Waals surface area (Å²) >= 11 is 6.07. The van der Waals surface area contributed by atoms with E-state index in [2.05, 4.69) is 0 Å². The second-order valence-corrected chi connectivity index (χ2v) is 7.19. The van der Waals surface area contributed by atoms with Crippen molar-refractivity contribution in [3.8, 4) is 0 Å². The number of rotatable bonds is 5. The normalized spacial score (nSPS) is 26.3. The van der Waals surface area contributed by atoms with Crippen molar-refractivity contribution in [2.45, 2.75) is 19.5 Å². The maximum absolute atomic E-state index is 8.97. The molecule has 0 aliphatic carbocycles. The van der Waals surface area contributed by atoms with Gasteiger partial charge in [0.15, 0.2) is 0 Å². The highest BCUT2D eigenvalue weighted by Gasteiger charge is 2.26. The fourth-order valence-corrected chi connectivity index (χ4v) is 3.38. The van der Waals surface area contributed by atoms with E-state index in [-0.39, 0.29) is 31.4 Å². The number of hydrogen-bond donors (Lipinski definition) is 0. The Hall–Kier alpha value is -1.55. The van der Waals surface area contributed by atoms with Crippen LogP contribution in [0.15, 0.2) is 78.9 Å². The second-order valence-electron chi connectivity index (χ2n) is 6.76. The highest BCUT2D eigenvalue weighted by molar-refractivity contribution is 6.30. The first-order valence-corrected chi connectivity index (χ1v) is 9.52. The molecule has 1 heterocycles. The van der Waals surface area contributed by atoms with Gasteiger partial charge in [0.1, 0.15) is 0 Å². The van der Waals surface area contributed by atoms with Crippen molar-refractivity contribution in [1.29, 1.82) is 0 Å². The molecule has 160 valence electrons. The first-order chi connectivity index (χ1) is 16.7. The van der Waals surface area contributed by atoms with Crippen LogP contribution in [0.3, 0.4) is 0 Å². The lowest BCUT2D eigenvalue weighted by Gasteiger charge is -2.40. The summed E-state index contributed by atoms with van der Waals surface area (Å²) in [6, 6.07) is 20.9. The third kappa shape index (κ3) is 6.23. The van der Waals surface area contributed by atoms with Gasteiger partial charge in [-0.1, -0.05) is 83.9 Å². The smallest absolute Gasteiger partial charge is 0.0602 e. The molecule has 0 aromatic heterocycles. The molecule has 2 nitrogen and oxygen atoms in total. The minimum absolute atomic E-state index is 0. The molecule has 0 radical (unpaired) electrons. The Bertz CT molecular complexity index is 1200. The number of nitrogens with zero attached hydrogens (tertiary/aromatic N) is 2. The van der Waals surface area contributed by atoms with Crippen LogP contribution in [0.4, 0.5) is 0 Å². The van der Waals surface area contributed by atoms with Crippen molar-refractivity contribution in [2.75, 3.05) is 26.0 Å². The van der Waals surface area contributed by atoms with E-state index in [1.165, 1.54) is 0 Å². The molecule has 1 saturated heterocycles. The van der Waals surface area contributed by atoms with E-state index in [4.69, 9.17) is 22.6 Å². The Balaban J connectivity index is 0.00000253. The molecule has 1 aliphatic heterocycles. The van der Waals surface area contributed by atoms with Crippen molar-refractivity contribution in [3.05, 3.63) is 106 Å². The molecule has 0 bridgehead atoms. The SMILES string of the molecule is Cl.Cl.[2H]C1([2H])N(Cc2cccc(C)c2)C([2H])([2H])C([2H])([2H])N(C(c2ccccc2)c2ccc(Cl)cc2)C1([2H])[2H]. The number of hydrogen-bond acceptors (Lipinski definition) is 2. The molecule has 3 aromatic carbocycles. The molecule has 30 heavy (non-hydrogen) atoms. The highest BCUT2D eigenvalue weighted by atomic mass is 35.5. The third-order valence-corrected chi connectivity index (χ3v) is 4.85. The molecule has 1 atom stereocenters. The van der Waals surface area contributed by atoms with Gasteiger partial charge in [-0.15, -0.1) is 24.8 Å². The predicted octanol–water partition coefficient (Wildman–Crippen LogP) is 6.40. The lowest BCUT2D eigenvalue weighted by molar-refractivity contribution is 0.105. The summed E-state index contributed by atoms with van der Waals surface area (Å²) in [4.78, 5) is 1.36. The van der Waals surface area contributed by atoms with Gasteiger partial charge in [0, 0.05) is 48.5 Å². The topological polar surface area (TPSA) is 6.48 Å². The minimum Gasteiger partial charge on any atom is -0.297 e. The minimum atomic E-state index is -2.95. The Labute approximate surface area is 208 Å². The molecule has 1 aliphatic rings. The molecule has 0 spiro atoms. The molecule has 1 unspecified atom stereocenters. The Kier molecular flexibility index (Phi) is 5.98. The average Bonchev–Trinajstić information content (AvgIpc) is 2.81. The van der Waals surface area contributed by atoms with Crippen molar-refractivity contribution in [2.24, 2.45) is 0 Å². The fourth-order valence-electron chi connectivity index (χ4n) is 3.26. The molecule has 0 amide bonds. The van der Waals surface area contributed by atoms with Crippen LogP contribution < -0.4 is 0 Å². The van der Waals surface area contributed by atoms with Crippen LogP contribution in [0, 0.1) is 6.92 Å². The number of benzene rings is 3. The standard InChI is InChI=1S/C25H27ClN2.2ClH/c1-20-6-5-7-21(18-20)19-27-14-16-28(17-15-27)25(22-8-3-2-4-9-22)23-10-12-24(26)13-11-23;;/h2-13,18,25H,14-17,19H2,1H3;2*1H/i14D2,15D2,16D2,17D2;;. The quantitative estimate of drug-likeness (QED) is 0.425. The lowest BCUT2D eigenvalue weighted by Crippen LogP contribution is -2.47. The molecular formula is C25H29Cl3N2. The van der Waals surface area contributed by atoms with E-state index in [1.807, 2.05) is 13.0 Å². The maximum atomic E-state index is 8.97. The van der Waals surface area contributed by atoms with Gasteiger partial charge in [-0.3, -0.25) is 9.80 Å². The molecule has 5 heteroatoms. The van der Waals surface area contributed by atoms with Crippen LogP contribution >= 0.6 is 36.4 Å². The van der Waals surface area contributed by atoms with Crippen molar-refractivity contribution in [3.63, 3.8) is 0 Å². The lowest BCUT2D eigenvalue weighted by atomic mass is 9.96. The zero-order chi connectivity index (χ0) is 26.5. The van der Waals surface area contributed by atoms with Crippen LogP contribution in [-0.4, -0.2) is 35.8 Å². The first-order valence-electron chi connectivity index (χ1n) is 13.1. The van der Waals surface area contributed by atoms with E-state index in [1.54, 1.807) is 72.8 Å². The van der Waals surface area contributed by atoms with Crippen LogP contribution in [-0.2, 0) is 6.54 Å². The summed E-state index contributed by atoms with van der Waals surface area (Å²) in [5.41, 5.74) is 2.38. The van der Waals surface area contributed by atoms with E-state index in [0.29, 0.717) is 31.5 Å². The molecule has 4 rings (SSSR count). The largest absolute Gasteiger partial charge is 0.297 e. The van der Waals surface area contributed by atoms with Crippen LogP contribution in [0.25, 0.3) is 0 Å². The van der Waals surface area contributed by atoms with Crippen molar-refractivity contribution < 1.29 is 11.0 Å². The van der Waals surface area contributed by atoms with Gasteiger partial charge in [-0.25, -0.2) is 0 Å². The van der Waals surface area contributed by atoms with Crippen molar-refractivity contribution >= 4 is 36.4 Å². The summed E-state index contributed by atoms with van der Waals surface area (Å²) in [5.74, 6) is 0. The zero-order valence-electron chi connectivity index (χ0n) is 24.4. The molecule has 1 fully saturated rings. The highest BCUT2D eigenvalue weighted by Crippen LogP contribution is 2.30. The van der Waals surface area contributed by atoms with Gasteiger partial charge >= 0.3 is 0 Å². The van der Waals surface area contributed by atoms with Crippen LogP contribution in [0.1, 0.15) is 39.3 Å². The third-order valence-electron chi connectivity index (χ3n) is 4.59. The summed E-state index contributed by atoms with van der Waals surface area (Å²) in [6.45, 7) is -10.2. The molecule has 0 N–H and O–H groups in total. The average molecular weight is 472 g/mol. The predicted molar refractivity (Wildman–Crippen MR) is 132 cm³/mol. The summed E-state index contributed by atoms with van der Waals surface area (Å²) < 4.78 is 71.3. The van der Waals surface area contributed by atoms with E-state index < -0.39 is 32.0 Å². The van der Waals surface area contributed by atoms with E-state index >= 15 is 0 Å². The first kappa shape index (κ1) is 15.3. The summed E-state index contributed by atoms with van der Waals surface area (Å²) in [6.07, 6.45) is 0. The number of piperazine rings is 1. The zero-order valence-corrected chi connectivity index (χ0v) is 18.8. The second kappa shape index (κ2) is 11.7. The van der Waals surface area contributed by atoms with Crippen LogP contribution in [0.2, 0.25) is 5.02 Å². The van der Waals surface area contributed by atoms with Gasteiger partial charge in [-0.2, -0.15) is 0 Å². The van der Waals surface area contributed by atoms with Crippen molar-refractivity contribution in [1.82, 2.24) is 9.80 Å². The van der Waals surface area contributed by atoms with Gasteiger partial charge < -0.3 is 0 Å². The van der Waals surface area contributed by atoms with Gasteiger partial charge in [0.25, 0.3) is 0 Å². The maximum Gasteiger partial charge on any atom is 0.0602 e. The Morgan fingerprint density at radius 1 is 0.833 bits per heavy atom. The van der Waals surface area contributed by atoms with Crippen LogP contribution in [0.5, 0.6) is 0 Å². The number of aryl methyl sites for hydroxylation is 1. The summed E-state index contributed by atoms with van der Waals surface area (Å²) in [7, 11) is 0. The number of halogens is 3. The summed E-state index contributed by atoms with van der Waals surface area (Å²) in [5, 5.41) is 0.435. The Morgan fingerprint density at radius 3 is 2.10 bits per heavy atom. The van der Waals surface area contributed by atoms with Gasteiger partial charge in [-0.05, 0) is 35.7 Å².